The summed E-state index contributed by atoms with van der Waals surface area (Å²) in [7, 11) is 0. The van der Waals surface area contributed by atoms with Crippen LogP contribution in [0.5, 0.6) is 0 Å². The lowest BCUT2D eigenvalue weighted by Gasteiger charge is -2.25. The number of thiazole rings is 1. The number of para-hydroxylation sites is 1. The summed E-state index contributed by atoms with van der Waals surface area (Å²) in [4.78, 5) is 28.5. The third-order valence-corrected chi connectivity index (χ3v) is 15.1. The lowest BCUT2D eigenvalue weighted by molar-refractivity contribution is -0.116. The van der Waals surface area contributed by atoms with Crippen LogP contribution in [0.4, 0.5) is 5.82 Å². The van der Waals surface area contributed by atoms with Crippen LogP contribution in [0.2, 0.25) is 0 Å². The number of fused-ring (bicyclic) bond motifs is 3. The average molecular weight is 919 g/mol. The lowest BCUT2D eigenvalue weighted by Crippen LogP contribution is -2.32. The van der Waals surface area contributed by atoms with Gasteiger partial charge in [0.2, 0.25) is 5.91 Å². The molecule has 3 rings (SSSR count). The molecule has 0 saturated heterocycles. The number of aromatic nitrogens is 2. The number of unbranched alkanes of at least 4 members (excludes halogenated alkanes) is 30. The van der Waals surface area contributed by atoms with Gasteiger partial charge in [0.25, 0.3) is 0 Å². The van der Waals surface area contributed by atoms with Crippen LogP contribution in [-0.4, -0.2) is 64.9 Å². The van der Waals surface area contributed by atoms with Crippen molar-refractivity contribution >= 4 is 44.2 Å². The Bertz CT molecular complexity index is 1560. The third kappa shape index (κ3) is 27.5. The molecular formula is C58H103N5OS. The zero-order valence-corrected chi connectivity index (χ0v) is 44.1. The Morgan fingerprint density at radius 1 is 0.477 bits per heavy atom. The first-order valence-electron chi connectivity index (χ1n) is 28.5. The second-order valence-corrected chi connectivity index (χ2v) is 21.0. The van der Waals surface area contributed by atoms with Gasteiger partial charge in [0, 0.05) is 11.8 Å². The molecule has 1 N–H and O–H groups in total. The van der Waals surface area contributed by atoms with E-state index in [9.17, 15) is 4.79 Å². The number of carbonyl (C=O) groups is 1. The number of nitrogens with zero attached hydrogens (tertiary/aromatic N) is 4. The molecule has 0 unspecified atom stereocenters. The average Bonchev–Trinajstić information content (AvgIpc) is 3.75. The number of amides is 1. The SMILES string of the molecule is CCCCCCCCCCCCCCCCCN(CC)CCCN(CCCCCCCCCCCCCCCCC)CCCCCC(=O)Nc1nc2ccccc2c2sc(CCC)nc12. The zero-order chi connectivity index (χ0) is 46.3. The molecule has 0 fully saturated rings. The van der Waals surface area contributed by atoms with Crippen molar-refractivity contribution in [3.05, 3.63) is 29.3 Å². The smallest absolute Gasteiger partial charge is 0.225 e. The van der Waals surface area contributed by atoms with Crippen LogP contribution in [0.15, 0.2) is 24.3 Å². The van der Waals surface area contributed by atoms with Crippen LogP contribution in [0.3, 0.4) is 0 Å². The van der Waals surface area contributed by atoms with Gasteiger partial charge in [-0.05, 0) is 90.3 Å². The van der Waals surface area contributed by atoms with E-state index in [1.54, 1.807) is 11.3 Å². The standard InChI is InChI=1S/C58H103N5OS/c1-5-9-11-13-15-17-19-21-23-25-27-29-31-33-39-47-62(8-4)50-42-51-63(48-40-34-32-30-28-26-24-22-20-18-16-14-12-10-6-2)49-41-35-36-46-54(64)60-58-56-57(65-55(61-56)43-7-3)52-44-37-38-45-53(52)59-58/h37-38,44-45H,5-36,39-43,46-51H2,1-4H3,(H,59,60,64). The molecule has 1 amide bonds. The van der Waals surface area contributed by atoms with Crippen molar-refractivity contribution in [2.45, 2.75) is 265 Å². The van der Waals surface area contributed by atoms with Crippen molar-refractivity contribution in [2.24, 2.45) is 0 Å². The number of carbonyl (C=O) groups excluding carboxylic acids is 1. The summed E-state index contributed by atoms with van der Waals surface area (Å²) >= 11 is 1.74. The maximum atomic E-state index is 13.3. The first kappa shape index (κ1) is 57.2. The van der Waals surface area contributed by atoms with Crippen LogP contribution in [0.1, 0.15) is 264 Å². The Hall–Kier alpha value is -2.09. The molecule has 3 aromatic rings. The van der Waals surface area contributed by atoms with Crippen LogP contribution >= 0.6 is 11.3 Å². The Morgan fingerprint density at radius 3 is 1.37 bits per heavy atom. The number of anilines is 1. The molecule has 0 aliphatic heterocycles. The highest BCUT2D eigenvalue weighted by Gasteiger charge is 2.16. The minimum atomic E-state index is 0.0579. The van der Waals surface area contributed by atoms with E-state index in [-0.39, 0.29) is 5.91 Å². The van der Waals surface area contributed by atoms with Gasteiger partial charge in [-0.15, -0.1) is 11.3 Å². The number of aryl methyl sites for hydroxylation is 1. The van der Waals surface area contributed by atoms with E-state index in [1.807, 2.05) is 12.1 Å². The van der Waals surface area contributed by atoms with Crippen molar-refractivity contribution in [1.82, 2.24) is 19.8 Å². The lowest BCUT2D eigenvalue weighted by atomic mass is 10.0. The van der Waals surface area contributed by atoms with E-state index in [2.05, 4.69) is 54.9 Å². The van der Waals surface area contributed by atoms with E-state index in [4.69, 9.17) is 9.97 Å². The summed E-state index contributed by atoms with van der Waals surface area (Å²) in [5, 5.41) is 5.41. The Balaban J connectivity index is 1.33. The molecule has 7 heteroatoms. The summed E-state index contributed by atoms with van der Waals surface area (Å²) in [6.45, 7) is 16.4. The van der Waals surface area contributed by atoms with Crippen LogP contribution in [0, 0.1) is 0 Å². The number of hydrogen-bond acceptors (Lipinski definition) is 6. The summed E-state index contributed by atoms with van der Waals surface area (Å²) in [5.41, 5.74) is 1.76. The molecule has 0 saturated carbocycles. The predicted molar refractivity (Wildman–Crippen MR) is 289 cm³/mol. The van der Waals surface area contributed by atoms with Gasteiger partial charge in [0.05, 0.1) is 15.2 Å². The largest absolute Gasteiger partial charge is 0.309 e. The van der Waals surface area contributed by atoms with Crippen LogP contribution in [-0.2, 0) is 11.2 Å². The number of nitrogens with one attached hydrogen (secondary N) is 1. The number of benzene rings is 1. The van der Waals surface area contributed by atoms with E-state index >= 15 is 0 Å². The van der Waals surface area contributed by atoms with Crippen molar-refractivity contribution < 1.29 is 4.79 Å². The van der Waals surface area contributed by atoms with E-state index in [0.717, 1.165) is 64.8 Å². The molecule has 2 heterocycles. The molecule has 2 aromatic heterocycles. The van der Waals surface area contributed by atoms with Crippen LogP contribution in [0.25, 0.3) is 21.1 Å². The summed E-state index contributed by atoms with van der Waals surface area (Å²) in [6, 6.07) is 8.24. The molecule has 0 radical (unpaired) electrons. The molecule has 1 aromatic carbocycles. The monoisotopic (exact) mass is 918 g/mol. The molecule has 0 atom stereocenters. The summed E-state index contributed by atoms with van der Waals surface area (Å²) < 4.78 is 1.13. The van der Waals surface area contributed by atoms with Crippen LogP contribution < -0.4 is 5.32 Å². The molecule has 0 aliphatic carbocycles. The topological polar surface area (TPSA) is 61.4 Å². The maximum Gasteiger partial charge on any atom is 0.225 e. The van der Waals surface area contributed by atoms with Crippen molar-refractivity contribution in [2.75, 3.05) is 44.6 Å². The van der Waals surface area contributed by atoms with Crippen molar-refractivity contribution in [3.8, 4) is 0 Å². The maximum absolute atomic E-state index is 13.3. The first-order chi connectivity index (χ1) is 32.1. The van der Waals surface area contributed by atoms with Gasteiger partial charge >= 0.3 is 0 Å². The zero-order valence-electron chi connectivity index (χ0n) is 43.3. The quantitative estimate of drug-likeness (QED) is 0.0572. The molecule has 6 nitrogen and oxygen atoms in total. The highest BCUT2D eigenvalue weighted by Crippen LogP contribution is 2.34. The minimum absolute atomic E-state index is 0.0579. The van der Waals surface area contributed by atoms with Gasteiger partial charge in [-0.25, -0.2) is 9.97 Å². The van der Waals surface area contributed by atoms with Gasteiger partial charge in [-0.1, -0.05) is 232 Å². The summed E-state index contributed by atoms with van der Waals surface area (Å²) in [6.07, 6.45) is 49.6. The Kier molecular flexibility index (Phi) is 35.1. The minimum Gasteiger partial charge on any atom is -0.309 e. The van der Waals surface area contributed by atoms with Crippen molar-refractivity contribution in [3.63, 3.8) is 0 Å². The van der Waals surface area contributed by atoms with E-state index < -0.39 is 0 Å². The first-order valence-corrected chi connectivity index (χ1v) is 29.3. The molecule has 65 heavy (non-hydrogen) atoms. The predicted octanol–water partition coefficient (Wildman–Crippen LogP) is 18.1. The molecule has 0 aliphatic rings. The second kappa shape index (κ2) is 39.9. The fraction of sp³-hybridized carbons (Fsp3) is 0.810. The fourth-order valence-corrected chi connectivity index (χ4v) is 10.9. The third-order valence-electron chi connectivity index (χ3n) is 13.9. The fourth-order valence-electron chi connectivity index (χ4n) is 9.74. The Morgan fingerprint density at radius 2 is 0.892 bits per heavy atom. The number of pyridine rings is 1. The molecular weight excluding hydrogens is 815 g/mol. The van der Waals surface area contributed by atoms with Crippen molar-refractivity contribution in [1.29, 1.82) is 0 Å². The summed E-state index contributed by atoms with van der Waals surface area (Å²) in [5.74, 6) is 0.681. The van der Waals surface area contributed by atoms with Gasteiger partial charge < -0.3 is 15.1 Å². The highest BCUT2D eigenvalue weighted by molar-refractivity contribution is 7.19. The van der Waals surface area contributed by atoms with Gasteiger partial charge in [-0.2, -0.15) is 0 Å². The second-order valence-electron chi connectivity index (χ2n) is 19.9. The van der Waals surface area contributed by atoms with Gasteiger partial charge in [0.15, 0.2) is 5.82 Å². The molecule has 0 spiro atoms. The van der Waals surface area contributed by atoms with E-state index in [0.29, 0.717) is 12.2 Å². The normalized spacial score (nSPS) is 11.9. The Labute approximate surface area is 406 Å². The molecule has 0 bridgehead atoms. The van der Waals surface area contributed by atoms with E-state index in [1.165, 1.54) is 232 Å². The number of hydrogen-bond donors (Lipinski definition) is 1. The van der Waals surface area contributed by atoms with Gasteiger partial charge in [-0.3, -0.25) is 4.79 Å². The molecule has 372 valence electrons. The van der Waals surface area contributed by atoms with Gasteiger partial charge in [0.1, 0.15) is 5.52 Å². The number of rotatable bonds is 46. The highest BCUT2D eigenvalue weighted by atomic mass is 32.1.